The standard InChI is InChI=1S/C22H22N4O4/c1-29-20-11-17(7-9-23-20)14-30-22(28)25-10-8-19-18(13-25)21(27)26(15-24-19)12-16-5-3-2-4-6-16/h2-7,9,11,15H,8,10,12-14H2,1H3. The van der Waals surface area contributed by atoms with Gasteiger partial charge >= 0.3 is 6.09 Å². The first-order valence-electron chi connectivity index (χ1n) is 9.66. The predicted octanol–water partition coefficient (Wildman–Crippen LogP) is 2.39. The van der Waals surface area contributed by atoms with Gasteiger partial charge in [0.1, 0.15) is 6.61 Å². The third-order valence-corrected chi connectivity index (χ3v) is 5.01. The van der Waals surface area contributed by atoms with Crippen molar-refractivity contribution in [1.29, 1.82) is 0 Å². The molecule has 0 fully saturated rings. The van der Waals surface area contributed by atoms with Crippen LogP contribution in [0, 0.1) is 0 Å². The van der Waals surface area contributed by atoms with Gasteiger partial charge < -0.3 is 14.4 Å². The van der Waals surface area contributed by atoms with Crippen molar-refractivity contribution in [3.8, 4) is 5.88 Å². The summed E-state index contributed by atoms with van der Waals surface area (Å²) in [5, 5.41) is 0. The van der Waals surface area contributed by atoms with Crippen LogP contribution in [0.5, 0.6) is 5.88 Å². The molecule has 1 aliphatic rings. The molecule has 3 aromatic rings. The fourth-order valence-corrected chi connectivity index (χ4v) is 3.39. The summed E-state index contributed by atoms with van der Waals surface area (Å²) in [7, 11) is 1.53. The molecule has 1 aromatic carbocycles. The van der Waals surface area contributed by atoms with Gasteiger partial charge in [0.2, 0.25) is 5.88 Å². The average Bonchev–Trinajstić information content (AvgIpc) is 2.80. The monoisotopic (exact) mass is 406 g/mol. The number of aromatic nitrogens is 3. The largest absolute Gasteiger partial charge is 0.481 e. The Morgan fingerprint density at radius 3 is 2.77 bits per heavy atom. The van der Waals surface area contributed by atoms with Crippen molar-refractivity contribution in [3.63, 3.8) is 0 Å². The Hall–Kier alpha value is -3.68. The Bertz CT molecular complexity index is 1100. The van der Waals surface area contributed by atoms with Crippen molar-refractivity contribution in [1.82, 2.24) is 19.4 Å². The highest BCUT2D eigenvalue weighted by atomic mass is 16.6. The first-order valence-corrected chi connectivity index (χ1v) is 9.66. The summed E-state index contributed by atoms with van der Waals surface area (Å²) in [6.45, 7) is 1.19. The number of nitrogens with zero attached hydrogens (tertiary/aromatic N) is 4. The number of hydrogen-bond acceptors (Lipinski definition) is 6. The van der Waals surface area contributed by atoms with Crippen LogP contribution in [-0.2, 0) is 30.9 Å². The van der Waals surface area contributed by atoms with E-state index in [9.17, 15) is 9.59 Å². The van der Waals surface area contributed by atoms with E-state index < -0.39 is 6.09 Å². The molecule has 8 heteroatoms. The van der Waals surface area contributed by atoms with Gasteiger partial charge in [-0.15, -0.1) is 0 Å². The summed E-state index contributed by atoms with van der Waals surface area (Å²) >= 11 is 0. The molecule has 0 aliphatic carbocycles. The van der Waals surface area contributed by atoms with E-state index in [0.717, 1.165) is 16.8 Å². The van der Waals surface area contributed by atoms with E-state index in [1.807, 2.05) is 30.3 Å². The molecule has 0 N–H and O–H groups in total. The van der Waals surface area contributed by atoms with Crippen LogP contribution in [0.15, 0.2) is 59.8 Å². The summed E-state index contributed by atoms with van der Waals surface area (Å²) in [5.74, 6) is 0.459. The molecule has 0 radical (unpaired) electrons. The predicted molar refractivity (Wildman–Crippen MR) is 109 cm³/mol. The molecule has 0 saturated heterocycles. The van der Waals surface area contributed by atoms with Crippen molar-refractivity contribution in [2.45, 2.75) is 26.1 Å². The summed E-state index contributed by atoms with van der Waals surface area (Å²) < 4.78 is 12.1. The van der Waals surface area contributed by atoms with Crippen LogP contribution in [0.25, 0.3) is 0 Å². The lowest BCUT2D eigenvalue weighted by molar-refractivity contribution is 0.0912. The Morgan fingerprint density at radius 1 is 1.13 bits per heavy atom. The topological polar surface area (TPSA) is 86.5 Å². The van der Waals surface area contributed by atoms with Crippen molar-refractivity contribution < 1.29 is 14.3 Å². The van der Waals surface area contributed by atoms with Crippen molar-refractivity contribution in [2.24, 2.45) is 0 Å². The normalized spacial score (nSPS) is 12.9. The first-order chi connectivity index (χ1) is 14.6. The smallest absolute Gasteiger partial charge is 0.410 e. The lowest BCUT2D eigenvalue weighted by atomic mass is 10.1. The van der Waals surface area contributed by atoms with E-state index in [4.69, 9.17) is 9.47 Å². The zero-order valence-electron chi connectivity index (χ0n) is 16.7. The second-order valence-corrected chi connectivity index (χ2v) is 7.02. The van der Waals surface area contributed by atoms with Crippen LogP contribution in [-0.4, -0.2) is 39.2 Å². The molecular weight excluding hydrogens is 384 g/mol. The lowest BCUT2D eigenvalue weighted by Gasteiger charge is -2.27. The maximum Gasteiger partial charge on any atom is 0.410 e. The molecule has 30 heavy (non-hydrogen) atoms. The number of pyridine rings is 1. The second kappa shape index (κ2) is 8.77. The number of fused-ring (bicyclic) bond motifs is 1. The van der Waals surface area contributed by atoms with Gasteiger partial charge in [0.25, 0.3) is 5.56 Å². The summed E-state index contributed by atoms with van der Waals surface area (Å²) in [5.41, 5.74) is 2.95. The van der Waals surface area contributed by atoms with E-state index in [0.29, 0.717) is 31.0 Å². The van der Waals surface area contributed by atoms with E-state index in [2.05, 4.69) is 9.97 Å². The van der Waals surface area contributed by atoms with Gasteiger partial charge in [0.05, 0.1) is 37.8 Å². The van der Waals surface area contributed by atoms with E-state index in [1.54, 1.807) is 29.2 Å². The Morgan fingerprint density at radius 2 is 1.97 bits per heavy atom. The maximum absolute atomic E-state index is 13.0. The molecular formula is C22H22N4O4. The number of methoxy groups -OCH3 is 1. The summed E-state index contributed by atoms with van der Waals surface area (Å²) in [4.78, 5) is 35.5. The van der Waals surface area contributed by atoms with Crippen molar-refractivity contribution in [3.05, 3.63) is 87.7 Å². The molecule has 0 atom stereocenters. The number of benzene rings is 1. The highest BCUT2D eigenvalue weighted by Crippen LogP contribution is 2.16. The first kappa shape index (κ1) is 19.6. The van der Waals surface area contributed by atoms with Crippen LogP contribution < -0.4 is 10.3 Å². The lowest BCUT2D eigenvalue weighted by Crippen LogP contribution is -2.41. The van der Waals surface area contributed by atoms with Crippen LogP contribution >= 0.6 is 0 Å². The molecule has 8 nitrogen and oxygen atoms in total. The molecule has 0 bridgehead atoms. The molecule has 3 heterocycles. The summed E-state index contributed by atoms with van der Waals surface area (Å²) in [6, 6.07) is 13.2. The minimum Gasteiger partial charge on any atom is -0.481 e. The van der Waals surface area contributed by atoms with Crippen LogP contribution in [0.2, 0.25) is 0 Å². The number of carbonyl (C=O) groups is 1. The molecule has 4 rings (SSSR count). The van der Waals surface area contributed by atoms with Crippen LogP contribution in [0.3, 0.4) is 0 Å². The molecule has 0 spiro atoms. The van der Waals surface area contributed by atoms with Gasteiger partial charge in [0, 0.05) is 25.2 Å². The van der Waals surface area contributed by atoms with Gasteiger partial charge in [-0.1, -0.05) is 30.3 Å². The van der Waals surface area contributed by atoms with Crippen molar-refractivity contribution >= 4 is 6.09 Å². The van der Waals surface area contributed by atoms with Gasteiger partial charge in [0.15, 0.2) is 0 Å². The highest BCUT2D eigenvalue weighted by molar-refractivity contribution is 5.68. The number of amides is 1. The number of carbonyl (C=O) groups excluding carboxylic acids is 1. The number of hydrogen-bond donors (Lipinski definition) is 0. The van der Waals surface area contributed by atoms with Crippen LogP contribution in [0.4, 0.5) is 4.79 Å². The summed E-state index contributed by atoms with van der Waals surface area (Å²) in [6.07, 6.45) is 3.24. The van der Waals surface area contributed by atoms with Crippen LogP contribution in [0.1, 0.15) is 22.4 Å². The van der Waals surface area contributed by atoms with E-state index in [1.165, 1.54) is 12.0 Å². The van der Waals surface area contributed by atoms with E-state index in [-0.39, 0.29) is 18.7 Å². The maximum atomic E-state index is 13.0. The third kappa shape index (κ3) is 4.32. The number of rotatable bonds is 5. The Kier molecular flexibility index (Phi) is 5.74. The average molecular weight is 406 g/mol. The quantitative estimate of drug-likeness (QED) is 0.647. The molecule has 2 aromatic heterocycles. The molecule has 0 saturated carbocycles. The van der Waals surface area contributed by atoms with Gasteiger partial charge in [-0.2, -0.15) is 0 Å². The Labute approximate surface area is 173 Å². The minimum atomic E-state index is -0.464. The van der Waals surface area contributed by atoms with E-state index >= 15 is 0 Å². The zero-order chi connectivity index (χ0) is 20.9. The minimum absolute atomic E-state index is 0.104. The van der Waals surface area contributed by atoms with Gasteiger partial charge in [-0.25, -0.2) is 14.8 Å². The number of ether oxygens (including phenoxy) is 2. The molecule has 0 unspecified atom stereocenters. The molecule has 1 amide bonds. The SMILES string of the molecule is COc1cc(COC(=O)N2CCc3ncn(Cc4ccccc4)c(=O)c3C2)ccn1. The molecule has 154 valence electrons. The molecule has 1 aliphatic heterocycles. The second-order valence-electron chi connectivity index (χ2n) is 7.02. The van der Waals surface area contributed by atoms with Crippen molar-refractivity contribution in [2.75, 3.05) is 13.7 Å². The third-order valence-electron chi connectivity index (χ3n) is 5.01. The fourth-order valence-electron chi connectivity index (χ4n) is 3.39. The fraction of sp³-hybridized carbons (Fsp3) is 0.273. The zero-order valence-corrected chi connectivity index (χ0v) is 16.7. The Balaban J connectivity index is 1.44. The van der Waals surface area contributed by atoms with Gasteiger partial charge in [-0.05, 0) is 17.2 Å². The van der Waals surface area contributed by atoms with Gasteiger partial charge in [-0.3, -0.25) is 9.36 Å². The highest BCUT2D eigenvalue weighted by Gasteiger charge is 2.25.